The zero-order chi connectivity index (χ0) is 16.6. The van der Waals surface area contributed by atoms with Crippen LogP contribution in [-0.2, 0) is 0 Å². The molecule has 0 spiro atoms. The van der Waals surface area contributed by atoms with E-state index in [1.54, 1.807) is 23.1 Å². The van der Waals surface area contributed by atoms with Crippen LogP contribution in [0.3, 0.4) is 0 Å². The van der Waals surface area contributed by atoms with Crippen molar-refractivity contribution in [2.24, 2.45) is 0 Å². The summed E-state index contributed by atoms with van der Waals surface area (Å²) in [5.74, 6) is 0.298. The fraction of sp³-hybridized carbons (Fsp3) is 0.467. The van der Waals surface area contributed by atoms with Gasteiger partial charge >= 0.3 is 0 Å². The second kappa shape index (κ2) is 6.25. The summed E-state index contributed by atoms with van der Waals surface area (Å²) in [5.41, 5.74) is 0.158. The molecule has 23 heavy (non-hydrogen) atoms. The van der Waals surface area contributed by atoms with Crippen LogP contribution in [0.15, 0.2) is 24.7 Å². The third-order valence-electron chi connectivity index (χ3n) is 3.94. The number of aliphatic hydroxyl groups excluding tert-OH is 1. The number of nitrogens with one attached hydrogen (secondary N) is 1. The summed E-state index contributed by atoms with van der Waals surface area (Å²) in [6.07, 6.45) is 4.78. The minimum Gasteiger partial charge on any atom is -0.391 e. The number of nitrogens with zero attached hydrogens (tertiary/aromatic N) is 4. The minimum atomic E-state index is -0.535. The number of rotatable bonds is 4. The van der Waals surface area contributed by atoms with Crippen molar-refractivity contribution in [3.05, 3.63) is 41.2 Å². The number of aromatic nitrogens is 4. The topological polar surface area (TPSA) is 92.9 Å². The van der Waals surface area contributed by atoms with Crippen molar-refractivity contribution in [1.82, 2.24) is 25.1 Å². The molecule has 1 saturated carbocycles. The summed E-state index contributed by atoms with van der Waals surface area (Å²) in [7, 11) is 0. The van der Waals surface area contributed by atoms with Gasteiger partial charge in [0.15, 0.2) is 0 Å². The lowest BCUT2D eigenvalue weighted by molar-refractivity contribution is -0.00595. The summed E-state index contributed by atoms with van der Waals surface area (Å²) in [6.45, 7) is 3.89. The van der Waals surface area contributed by atoms with Crippen molar-refractivity contribution in [2.75, 3.05) is 0 Å². The van der Waals surface area contributed by atoms with Crippen LogP contribution in [0.2, 0.25) is 5.02 Å². The maximum Gasteiger partial charge on any atom is 0.271 e. The van der Waals surface area contributed by atoms with E-state index in [2.05, 4.69) is 20.4 Å². The monoisotopic (exact) mass is 335 g/mol. The summed E-state index contributed by atoms with van der Waals surface area (Å²) in [4.78, 5) is 20.8. The van der Waals surface area contributed by atoms with E-state index in [-0.39, 0.29) is 34.6 Å². The highest BCUT2D eigenvalue weighted by molar-refractivity contribution is 6.33. The molecule has 0 aliphatic heterocycles. The Morgan fingerprint density at radius 2 is 2.30 bits per heavy atom. The molecule has 0 unspecified atom stereocenters. The molecular weight excluding hydrogens is 318 g/mol. The van der Waals surface area contributed by atoms with Gasteiger partial charge in [-0.1, -0.05) is 25.4 Å². The Kier molecular flexibility index (Phi) is 4.32. The Morgan fingerprint density at radius 1 is 1.52 bits per heavy atom. The summed E-state index contributed by atoms with van der Waals surface area (Å²) in [5, 5.41) is 17.2. The van der Waals surface area contributed by atoms with Crippen molar-refractivity contribution >= 4 is 17.5 Å². The van der Waals surface area contributed by atoms with E-state index >= 15 is 0 Å². The van der Waals surface area contributed by atoms with Crippen LogP contribution in [0, 0.1) is 0 Å². The van der Waals surface area contributed by atoms with Gasteiger partial charge in [-0.15, -0.1) is 0 Å². The molecule has 3 rings (SSSR count). The number of aliphatic hydroxyl groups is 1. The molecule has 1 aliphatic carbocycles. The van der Waals surface area contributed by atoms with Crippen LogP contribution in [0.1, 0.15) is 48.5 Å². The largest absolute Gasteiger partial charge is 0.391 e. The van der Waals surface area contributed by atoms with Gasteiger partial charge in [0.2, 0.25) is 0 Å². The molecule has 1 fully saturated rings. The Balaban J connectivity index is 1.76. The van der Waals surface area contributed by atoms with Crippen molar-refractivity contribution in [2.45, 2.75) is 44.4 Å². The lowest BCUT2D eigenvalue weighted by Crippen LogP contribution is -2.56. The fourth-order valence-corrected chi connectivity index (χ4v) is 2.81. The van der Waals surface area contributed by atoms with Crippen LogP contribution in [-0.4, -0.2) is 42.9 Å². The summed E-state index contributed by atoms with van der Waals surface area (Å²) >= 11 is 6.05. The van der Waals surface area contributed by atoms with Crippen molar-refractivity contribution < 1.29 is 9.90 Å². The van der Waals surface area contributed by atoms with E-state index in [1.165, 1.54) is 6.20 Å². The standard InChI is InChI=1S/C15H18ClN5O2/c1-8(2)14-17-7-9(16)12(20-14)15(23)19-10-6-11(22)13(10)21-5-3-4-18-21/h3-5,7-8,10-11,13,22H,6H2,1-2H3,(H,19,23)/t10-,11+,13+/m0/s1. The van der Waals surface area contributed by atoms with Crippen LogP contribution < -0.4 is 5.32 Å². The molecule has 2 N–H and O–H groups in total. The predicted octanol–water partition coefficient (Wildman–Crippen LogP) is 1.55. The molecule has 2 aromatic rings. The quantitative estimate of drug-likeness (QED) is 0.884. The average Bonchev–Trinajstić information content (AvgIpc) is 2.99. The molecule has 2 heterocycles. The minimum absolute atomic E-state index is 0.0983. The molecule has 0 radical (unpaired) electrons. The zero-order valence-corrected chi connectivity index (χ0v) is 13.6. The maximum absolute atomic E-state index is 12.5. The third kappa shape index (κ3) is 3.07. The number of hydrogen-bond donors (Lipinski definition) is 2. The molecule has 0 bridgehead atoms. The first-order chi connectivity index (χ1) is 11.0. The first-order valence-electron chi connectivity index (χ1n) is 7.48. The molecule has 122 valence electrons. The van der Waals surface area contributed by atoms with E-state index in [1.807, 2.05) is 13.8 Å². The first kappa shape index (κ1) is 15.9. The molecule has 1 aliphatic rings. The Hall–Kier alpha value is -1.99. The number of hydrogen-bond acceptors (Lipinski definition) is 5. The van der Waals surface area contributed by atoms with Gasteiger partial charge in [0.05, 0.1) is 29.4 Å². The van der Waals surface area contributed by atoms with Gasteiger partial charge < -0.3 is 10.4 Å². The number of halogens is 1. The van der Waals surface area contributed by atoms with E-state index < -0.39 is 6.10 Å². The zero-order valence-electron chi connectivity index (χ0n) is 12.8. The highest BCUT2D eigenvalue weighted by Crippen LogP contribution is 2.32. The van der Waals surface area contributed by atoms with Gasteiger partial charge in [-0.25, -0.2) is 9.97 Å². The molecule has 3 atom stereocenters. The maximum atomic E-state index is 12.5. The molecular formula is C15H18ClN5O2. The second-order valence-corrected chi connectivity index (χ2v) is 6.35. The SMILES string of the molecule is CC(C)c1ncc(Cl)c(C(=O)N[C@H]2C[C@@H](O)[C@@H]2n2cccn2)n1. The molecule has 8 heteroatoms. The van der Waals surface area contributed by atoms with E-state index in [9.17, 15) is 9.90 Å². The smallest absolute Gasteiger partial charge is 0.271 e. The van der Waals surface area contributed by atoms with Crippen LogP contribution in [0.25, 0.3) is 0 Å². The molecule has 2 aromatic heterocycles. The normalized spacial score (nSPS) is 23.6. The summed E-state index contributed by atoms with van der Waals surface area (Å²) < 4.78 is 1.65. The highest BCUT2D eigenvalue weighted by Gasteiger charge is 2.43. The summed E-state index contributed by atoms with van der Waals surface area (Å²) in [6, 6.07) is 1.28. The van der Waals surface area contributed by atoms with Gasteiger partial charge in [-0.3, -0.25) is 9.48 Å². The third-order valence-corrected chi connectivity index (χ3v) is 4.22. The van der Waals surface area contributed by atoms with Crippen molar-refractivity contribution in [1.29, 1.82) is 0 Å². The van der Waals surface area contributed by atoms with Crippen LogP contribution in [0.4, 0.5) is 0 Å². The van der Waals surface area contributed by atoms with Gasteiger partial charge in [0, 0.05) is 18.3 Å². The number of carbonyl (C=O) groups excluding carboxylic acids is 1. The van der Waals surface area contributed by atoms with Crippen molar-refractivity contribution in [3.63, 3.8) is 0 Å². The Labute approximate surface area is 138 Å². The lowest BCUT2D eigenvalue weighted by Gasteiger charge is -2.41. The molecule has 0 aromatic carbocycles. The first-order valence-corrected chi connectivity index (χ1v) is 7.85. The van der Waals surface area contributed by atoms with Crippen LogP contribution in [0.5, 0.6) is 0 Å². The highest BCUT2D eigenvalue weighted by atomic mass is 35.5. The number of amides is 1. The predicted molar refractivity (Wildman–Crippen MR) is 84.3 cm³/mol. The Morgan fingerprint density at radius 3 is 2.91 bits per heavy atom. The molecule has 7 nitrogen and oxygen atoms in total. The van der Waals surface area contributed by atoms with Crippen LogP contribution >= 0.6 is 11.6 Å². The Bertz CT molecular complexity index is 704. The lowest BCUT2D eigenvalue weighted by atomic mass is 9.83. The van der Waals surface area contributed by atoms with Gasteiger partial charge in [-0.05, 0) is 12.5 Å². The number of carbonyl (C=O) groups is 1. The second-order valence-electron chi connectivity index (χ2n) is 5.94. The van der Waals surface area contributed by atoms with Gasteiger partial charge in [0.25, 0.3) is 5.91 Å². The van der Waals surface area contributed by atoms with Gasteiger partial charge in [0.1, 0.15) is 11.5 Å². The van der Waals surface area contributed by atoms with E-state index in [0.717, 1.165) is 0 Å². The van der Waals surface area contributed by atoms with Gasteiger partial charge in [-0.2, -0.15) is 5.10 Å². The van der Waals surface area contributed by atoms with E-state index in [4.69, 9.17) is 11.6 Å². The average molecular weight is 336 g/mol. The van der Waals surface area contributed by atoms with E-state index in [0.29, 0.717) is 12.2 Å². The fourth-order valence-electron chi connectivity index (χ4n) is 2.63. The molecule has 1 amide bonds. The van der Waals surface area contributed by atoms with Crippen molar-refractivity contribution in [3.8, 4) is 0 Å². The molecule has 0 saturated heterocycles.